The van der Waals surface area contributed by atoms with Crippen LogP contribution in [0, 0.1) is 0 Å². The molecule has 1 aromatic heterocycles. The predicted octanol–water partition coefficient (Wildman–Crippen LogP) is 5.25. The van der Waals surface area contributed by atoms with E-state index in [1.54, 1.807) is 12.3 Å². The molecule has 0 radical (unpaired) electrons. The van der Waals surface area contributed by atoms with E-state index in [-0.39, 0.29) is 5.91 Å². The smallest absolute Gasteiger partial charge is 0.247 e. The van der Waals surface area contributed by atoms with Crippen LogP contribution in [0.4, 0.5) is 23.0 Å². The minimum absolute atomic E-state index is 0.279. The lowest BCUT2D eigenvalue weighted by atomic mass is 10.1. The Labute approximate surface area is 229 Å². The van der Waals surface area contributed by atoms with E-state index in [1.807, 2.05) is 30.3 Å². The molecule has 1 aliphatic carbocycles. The van der Waals surface area contributed by atoms with Crippen LogP contribution in [0.5, 0.6) is 0 Å². The summed E-state index contributed by atoms with van der Waals surface area (Å²) in [5, 5.41) is 10.0. The number of carbonyl (C=O) groups is 1. The van der Waals surface area contributed by atoms with Gasteiger partial charge in [0.25, 0.3) is 0 Å². The fourth-order valence-corrected chi connectivity index (χ4v) is 4.93. The van der Waals surface area contributed by atoms with Gasteiger partial charge in [-0.25, -0.2) is 9.97 Å². The Bertz CT molecular complexity index is 1270. The molecule has 2 aromatic carbocycles. The lowest BCUT2D eigenvalue weighted by molar-refractivity contribution is -0.111. The molecule has 1 saturated heterocycles. The van der Waals surface area contributed by atoms with Crippen LogP contribution in [-0.4, -0.2) is 71.0 Å². The van der Waals surface area contributed by atoms with Gasteiger partial charge in [0.15, 0.2) is 0 Å². The van der Waals surface area contributed by atoms with E-state index in [0.29, 0.717) is 22.4 Å². The highest BCUT2D eigenvalue weighted by Crippen LogP contribution is 2.29. The SMILES string of the molecule is C=CC(=O)Nc1cccc(-c2nc(Nc3cccc(NCCCN4CCN(C5CC5)CC4)c3)ncc2Cl)c1. The van der Waals surface area contributed by atoms with Crippen molar-refractivity contribution in [2.75, 3.05) is 55.2 Å². The van der Waals surface area contributed by atoms with Gasteiger partial charge in [-0.3, -0.25) is 9.69 Å². The summed E-state index contributed by atoms with van der Waals surface area (Å²) in [6, 6.07) is 16.3. The topological polar surface area (TPSA) is 85.4 Å². The van der Waals surface area contributed by atoms with E-state index in [4.69, 9.17) is 11.6 Å². The number of nitrogens with one attached hydrogen (secondary N) is 3. The van der Waals surface area contributed by atoms with Crippen LogP contribution in [-0.2, 0) is 4.79 Å². The van der Waals surface area contributed by atoms with E-state index in [9.17, 15) is 4.79 Å². The molecule has 1 aliphatic heterocycles. The average molecular weight is 532 g/mol. The molecule has 2 aliphatic rings. The first-order chi connectivity index (χ1) is 18.6. The van der Waals surface area contributed by atoms with E-state index in [1.165, 1.54) is 45.1 Å². The molecular formula is C29H34ClN7O. The van der Waals surface area contributed by atoms with Crippen molar-refractivity contribution in [3.63, 3.8) is 0 Å². The van der Waals surface area contributed by atoms with Crippen LogP contribution in [0.25, 0.3) is 11.3 Å². The zero-order valence-corrected chi connectivity index (χ0v) is 22.3. The molecule has 198 valence electrons. The van der Waals surface area contributed by atoms with Crippen LogP contribution in [0.15, 0.2) is 67.4 Å². The minimum atomic E-state index is -0.279. The second-order valence-electron chi connectivity index (χ2n) is 9.76. The maximum atomic E-state index is 11.7. The molecule has 2 heterocycles. The first-order valence-electron chi connectivity index (χ1n) is 13.2. The molecule has 0 spiro atoms. The van der Waals surface area contributed by atoms with E-state index in [0.717, 1.165) is 42.5 Å². The average Bonchev–Trinajstić information content (AvgIpc) is 3.79. The molecule has 5 rings (SSSR count). The summed E-state index contributed by atoms with van der Waals surface area (Å²) in [5.74, 6) is 0.158. The third-order valence-corrected chi connectivity index (χ3v) is 7.18. The highest BCUT2D eigenvalue weighted by Gasteiger charge is 2.30. The Hall–Kier alpha value is -3.46. The van der Waals surface area contributed by atoms with Gasteiger partial charge in [-0.15, -0.1) is 0 Å². The van der Waals surface area contributed by atoms with Crippen molar-refractivity contribution < 1.29 is 4.79 Å². The largest absolute Gasteiger partial charge is 0.385 e. The van der Waals surface area contributed by atoms with Crippen molar-refractivity contribution >= 4 is 40.5 Å². The van der Waals surface area contributed by atoms with E-state index in [2.05, 4.69) is 54.4 Å². The normalized spacial score (nSPS) is 16.1. The van der Waals surface area contributed by atoms with Crippen molar-refractivity contribution in [2.24, 2.45) is 0 Å². The Morgan fingerprint density at radius 2 is 1.82 bits per heavy atom. The third kappa shape index (κ3) is 7.10. The van der Waals surface area contributed by atoms with Crippen molar-refractivity contribution in [1.82, 2.24) is 19.8 Å². The van der Waals surface area contributed by atoms with Crippen LogP contribution < -0.4 is 16.0 Å². The Balaban J connectivity index is 1.15. The summed E-state index contributed by atoms with van der Waals surface area (Å²) >= 11 is 6.42. The van der Waals surface area contributed by atoms with Crippen LogP contribution >= 0.6 is 11.6 Å². The van der Waals surface area contributed by atoms with Gasteiger partial charge in [0.2, 0.25) is 11.9 Å². The van der Waals surface area contributed by atoms with Crippen molar-refractivity contribution in [3.8, 4) is 11.3 Å². The first kappa shape index (κ1) is 26.2. The number of nitrogens with zero attached hydrogens (tertiary/aromatic N) is 4. The fraction of sp³-hybridized carbons (Fsp3) is 0.345. The Kier molecular flexibility index (Phi) is 8.53. The van der Waals surface area contributed by atoms with Crippen LogP contribution in [0.2, 0.25) is 5.02 Å². The molecule has 0 unspecified atom stereocenters. The van der Waals surface area contributed by atoms with Crippen LogP contribution in [0.1, 0.15) is 19.3 Å². The third-order valence-electron chi connectivity index (χ3n) is 6.90. The van der Waals surface area contributed by atoms with Gasteiger partial charge in [0, 0.05) is 61.4 Å². The number of anilines is 4. The maximum Gasteiger partial charge on any atom is 0.247 e. The molecule has 1 saturated carbocycles. The molecule has 1 amide bonds. The monoisotopic (exact) mass is 531 g/mol. The van der Waals surface area contributed by atoms with Crippen LogP contribution in [0.3, 0.4) is 0 Å². The Morgan fingerprint density at radius 3 is 2.61 bits per heavy atom. The first-order valence-corrected chi connectivity index (χ1v) is 13.6. The number of amides is 1. The highest BCUT2D eigenvalue weighted by atomic mass is 35.5. The van der Waals surface area contributed by atoms with Gasteiger partial charge in [-0.2, -0.15) is 0 Å². The zero-order valence-electron chi connectivity index (χ0n) is 21.5. The molecule has 3 N–H and O–H groups in total. The molecule has 9 heteroatoms. The van der Waals surface area contributed by atoms with Gasteiger partial charge in [0.1, 0.15) is 0 Å². The van der Waals surface area contributed by atoms with Crippen molar-refractivity contribution in [3.05, 3.63) is 72.4 Å². The maximum absolute atomic E-state index is 11.7. The second kappa shape index (κ2) is 12.4. The van der Waals surface area contributed by atoms with Gasteiger partial charge in [-0.05, 0) is 62.2 Å². The standard InChI is InChI=1S/C29H34ClN7O/c1-2-27(38)33-23-8-3-6-21(18-23)28-26(30)20-32-29(35-28)34-24-9-4-7-22(19-24)31-12-5-13-36-14-16-37(17-15-36)25-10-11-25/h2-4,6-9,18-20,25,31H,1,5,10-17H2,(H,33,38)(H,32,34,35). The zero-order chi connectivity index (χ0) is 26.3. The summed E-state index contributed by atoms with van der Waals surface area (Å²) in [4.78, 5) is 25.9. The number of benzene rings is 2. The number of hydrogen-bond acceptors (Lipinski definition) is 7. The van der Waals surface area contributed by atoms with E-state index >= 15 is 0 Å². The summed E-state index contributed by atoms with van der Waals surface area (Å²) in [7, 11) is 0. The Morgan fingerprint density at radius 1 is 1.05 bits per heavy atom. The molecule has 0 atom stereocenters. The molecule has 38 heavy (non-hydrogen) atoms. The van der Waals surface area contributed by atoms with Gasteiger partial charge in [0.05, 0.1) is 16.9 Å². The number of carbonyl (C=O) groups excluding carboxylic acids is 1. The minimum Gasteiger partial charge on any atom is -0.385 e. The molecule has 0 bridgehead atoms. The summed E-state index contributed by atoms with van der Waals surface area (Å²) in [6.45, 7) is 10.4. The number of piperazine rings is 1. The number of aromatic nitrogens is 2. The molecule has 3 aromatic rings. The van der Waals surface area contributed by atoms with Crippen molar-refractivity contribution in [1.29, 1.82) is 0 Å². The van der Waals surface area contributed by atoms with E-state index < -0.39 is 0 Å². The number of hydrogen-bond donors (Lipinski definition) is 3. The molecule has 8 nitrogen and oxygen atoms in total. The lowest BCUT2D eigenvalue weighted by Gasteiger charge is -2.34. The molecular weight excluding hydrogens is 498 g/mol. The molecule has 2 fully saturated rings. The van der Waals surface area contributed by atoms with Gasteiger partial charge in [-0.1, -0.05) is 36.4 Å². The fourth-order valence-electron chi connectivity index (χ4n) is 4.73. The second-order valence-corrected chi connectivity index (χ2v) is 10.2. The summed E-state index contributed by atoms with van der Waals surface area (Å²) in [5.41, 5.74) is 3.91. The van der Waals surface area contributed by atoms with Gasteiger partial charge < -0.3 is 20.9 Å². The summed E-state index contributed by atoms with van der Waals surface area (Å²) in [6.07, 6.45) is 6.71. The van der Waals surface area contributed by atoms with Crippen molar-refractivity contribution in [2.45, 2.75) is 25.3 Å². The van der Waals surface area contributed by atoms with Gasteiger partial charge >= 0.3 is 0 Å². The quantitative estimate of drug-likeness (QED) is 0.230. The number of rotatable bonds is 11. The number of halogens is 1. The lowest BCUT2D eigenvalue weighted by Crippen LogP contribution is -2.47. The summed E-state index contributed by atoms with van der Waals surface area (Å²) < 4.78 is 0. The highest BCUT2D eigenvalue weighted by molar-refractivity contribution is 6.33. The predicted molar refractivity (Wildman–Crippen MR) is 155 cm³/mol.